The van der Waals surface area contributed by atoms with E-state index in [4.69, 9.17) is 4.74 Å². The molecular formula is C22H26N4O2S. The highest BCUT2D eigenvalue weighted by atomic mass is 32.1. The highest BCUT2D eigenvalue weighted by molar-refractivity contribution is 7.18. The number of rotatable bonds is 4. The lowest BCUT2D eigenvalue weighted by Gasteiger charge is -2.44. The summed E-state index contributed by atoms with van der Waals surface area (Å²) in [6.07, 6.45) is 2.38. The zero-order valence-electron chi connectivity index (χ0n) is 17.0. The van der Waals surface area contributed by atoms with Crippen LogP contribution < -0.4 is 4.90 Å². The number of hydrogen-bond acceptors (Lipinski definition) is 6. The van der Waals surface area contributed by atoms with Crippen molar-refractivity contribution in [2.45, 2.75) is 45.9 Å². The Morgan fingerprint density at radius 3 is 2.72 bits per heavy atom. The summed E-state index contributed by atoms with van der Waals surface area (Å²) < 4.78 is 5.56. The van der Waals surface area contributed by atoms with Crippen LogP contribution in [-0.4, -0.2) is 46.1 Å². The second-order valence-corrected chi connectivity index (χ2v) is 8.64. The molecule has 1 saturated heterocycles. The molecule has 4 rings (SSSR count). The standard InChI is InChI=1S/C22H26N4O2S/c1-4-18-10-19-20(23-14-24-21(19)29-18)25-11-16(3)26(12-15(25)2)22(27)28-13-17-8-6-5-7-9-17/h5-10,14-16H,4,11-13H2,1-3H3/t15-,16+/m1/s1. The Kier molecular flexibility index (Phi) is 5.67. The van der Waals surface area contributed by atoms with Gasteiger partial charge >= 0.3 is 6.09 Å². The second-order valence-electron chi connectivity index (χ2n) is 7.53. The van der Waals surface area contributed by atoms with Crippen molar-refractivity contribution in [2.24, 2.45) is 0 Å². The Hall–Kier alpha value is -2.67. The van der Waals surface area contributed by atoms with Crippen LogP contribution in [0.25, 0.3) is 10.2 Å². The molecule has 0 saturated carbocycles. The molecular weight excluding hydrogens is 384 g/mol. The van der Waals surface area contributed by atoms with Gasteiger partial charge < -0.3 is 14.5 Å². The van der Waals surface area contributed by atoms with E-state index in [2.05, 4.69) is 41.7 Å². The minimum atomic E-state index is -0.260. The van der Waals surface area contributed by atoms with Gasteiger partial charge in [-0.05, 0) is 31.9 Å². The van der Waals surface area contributed by atoms with Gasteiger partial charge in [0.15, 0.2) is 0 Å². The second kappa shape index (κ2) is 8.37. The van der Waals surface area contributed by atoms with Gasteiger partial charge in [-0.1, -0.05) is 37.3 Å². The summed E-state index contributed by atoms with van der Waals surface area (Å²) in [4.78, 5) is 28.2. The van der Waals surface area contributed by atoms with E-state index in [1.54, 1.807) is 17.7 Å². The van der Waals surface area contributed by atoms with Gasteiger partial charge in [0.05, 0.1) is 5.39 Å². The lowest BCUT2D eigenvalue weighted by atomic mass is 10.1. The molecule has 0 N–H and O–H groups in total. The SMILES string of the molecule is CCc1cc2c(N3C[C@H](C)N(C(=O)OCc4ccccc4)C[C@H]3C)ncnc2s1. The smallest absolute Gasteiger partial charge is 0.410 e. The van der Waals surface area contributed by atoms with E-state index in [0.717, 1.165) is 28.0 Å². The topological polar surface area (TPSA) is 58.6 Å². The number of hydrogen-bond donors (Lipinski definition) is 0. The maximum absolute atomic E-state index is 12.7. The molecule has 1 amide bonds. The molecule has 1 aliphatic heterocycles. The summed E-state index contributed by atoms with van der Waals surface area (Å²) in [7, 11) is 0. The molecule has 1 fully saturated rings. The molecule has 3 heterocycles. The average Bonchev–Trinajstić information content (AvgIpc) is 3.18. The number of thiophene rings is 1. The molecule has 0 aliphatic carbocycles. The molecule has 29 heavy (non-hydrogen) atoms. The number of ether oxygens (including phenoxy) is 1. The number of piperazine rings is 1. The largest absolute Gasteiger partial charge is 0.445 e. The number of aryl methyl sites for hydroxylation is 1. The maximum atomic E-state index is 12.7. The number of benzene rings is 1. The van der Waals surface area contributed by atoms with Gasteiger partial charge in [-0.2, -0.15) is 0 Å². The van der Waals surface area contributed by atoms with Crippen molar-refractivity contribution in [3.63, 3.8) is 0 Å². The van der Waals surface area contributed by atoms with Crippen LogP contribution in [-0.2, 0) is 17.8 Å². The van der Waals surface area contributed by atoms with E-state index in [-0.39, 0.29) is 18.2 Å². The monoisotopic (exact) mass is 410 g/mol. The maximum Gasteiger partial charge on any atom is 0.410 e. The van der Waals surface area contributed by atoms with Crippen molar-refractivity contribution in [1.29, 1.82) is 0 Å². The predicted octanol–water partition coefficient (Wildman–Crippen LogP) is 4.49. The van der Waals surface area contributed by atoms with E-state index in [9.17, 15) is 4.79 Å². The fourth-order valence-electron chi connectivity index (χ4n) is 3.77. The Bertz CT molecular complexity index is 991. The molecule has 3 aromatic rings. The van der Waals surface area contributed by atoms with Gasteiger partial charge in [0.2, 0.25) is 0 Å². The molecule has 2 aromatic heterocycles. The zero-order valence-corrected chi connectivity index (χ0v) is 17.9. The summed E-state index contributed by atoms with van der Waals surface area (Å²) in [5.41, 5.74) is 0.993. The number of nitrogens with zero attached hydrogens (tertiary/aromatic N) is 4. The molecule has 0 bridgehead atoms. The molecule has 0 radical (unpaired) electrons. The fourth-order valence-corrected chi connectivity index (χ4v) is 4.70. The highest BCUT2D eigenvalue weighted by Gasteiger charge is 2.34. The summed E-state index contributed by atoms with van der Waals surface area (Å²) in [5.74, 6) is 0.961. The number of carbonyl (C=O) groups excluding carboxylic acids is 1. The molecule has 1 aromatic carbocycles. The van der Waals surface area contributed by atoms with E-state index < -0.39 is 0 Å². The molecule has 7 heteroatoms. The van der Waals surface area contributed by atoms with Crippen LogP contribution in [0.5, 0.6) is 0 Å². The van der Waals surface area contributed by atoms with Gasteiger partial charge in [0, 0.05) is 30.1 Å². The van der Waals surface area contributed by atoms with Crippen LogP contribution in [0.4, 0.5) is 10.6 Å². The summed E-state index contributed by atoms with van der Waals surface area (Å²) >= 11 is 1.73. The number of carbonyl (C=O) groups is 1. The highest BCUT2D eigenvalue weighted by Crippen LogP contribution is 2.33. The predicted molar refractivity (Wildman–Crippen MR) is 116 cm³/mol. The van der Waals surface area contributed by atoms with Crippen LogP contribution in [0, 0.1) is 0 Å². The van der Waals surface area contributed by atoms with Gasteiger partial charge in [0.25, 0.3) is 0 Å². The van der Waals surface area contributed by atoms with E-state index >= 15 is 0 Å². The minimum absolute atomic E-state index is 0.0313. The number of amides is 1. The van der Waals surface area contributed by atoms with Gasteiger partial charge in [0.1, 0.15) is 23.6 Å². The number of fused-ring (bicyclic) bond motifs is 1. The average molecular weight is 411 g/mol. The molecule has 0 unspecified atom stereocenters. The van der Waals surface area contributed by atoms with Crippen molar-refractivity contribution in [3.8, 4) is 0 Å². The number of aromatic nitrogens is 2. The quantitative estimate of drug-likeness (QED) is 0.634. The third kappa shape index (κ3) is 4.05. The third-order valence-electron chi connectivity index (χ3n) is 5.41. The van der Waals surface area contributed by atoms with Crippen molar-refractivity contribution >= 4 is 33.5 Å². The van der Waals surface area contributed by atoms with Crippen molar-refractivity contribution in [3.05, 3.63) is 53.2 Å². The van der Waals surface area contributed by atoms with Crippen molar-refractivity contribution in [1.82, 2.24) is 14.9 Å². The molecule has 152 valence electrons. The van der Waals surface area contributed by atoms with E-state index in [1.807, 2.05) is 35.2 Å². The first-order valence-electron chi connectivity index (χ1n) is 10.0. The van der Waals surface area contributed by atoms with Gasteiger partial charge in [-0.3, -0.25) is 0 Å². The molecule has 1 aliphatic rings. The van der Waals surface area contributed by atoms with Crippen molar-refractivity contribution < 1.29 is 9.53 Å². The minimum Gasteiger partial charge on any atom is -0.445 e. The van der Waals surface area contributed by atoms with E-state index in [0.29, 0.717) is 19.7 Å². The fraction of sp³-hybridized carbons (Fsp3) is 0.409. The van der Waals surface area contributed by atoms with Crippen LogP contribution >= 0.6 is 11.3 Å². The Labute approximate surface area is 175 Å². The van der Waals surface area contributed by atoms with Crippen LogP contribution in [0.15, 0.2) is 42.7 Å². The van der Waals surface area contributed by atoms with Crippen LogP contribution in [0.2, 0.25) is 0 Å². The Morgan fingerprint density at radius 2 is 1.97 bits per heavy atom. The molecule has 2 atom stereocenters. The third-order valence-corrected chi connectivity index (χ3v) is 6.59. The molecule has 6 nitrogen and oxygen atoms in total. The van der Waals surface area contributed by atoms with Crippen LogP contribution in [0.3, 0.4) is 0 Å². The normalized spacial score (nSPS) is 19.6. The number of anilines is 1. The summed E-state index contributed by atoms with van der Waals surface area (Å²) in [6.45, 7) is 7.96. The van der Waals surface area contributed by atoms with Gasteiger partial charge in [-0.25, -0.2) is 14.8 Å². The summed E-state index contributed by atoms with van der Waals surface area (Å²) in [6, 6.07) is 12.1. The van der Waals surface area contributed by atoms with Crippen molar-refractivity contribution in [2.75, 3.05) is 18.0 Å². The lowest BCUT2D eigenvalue weighted by molar-refractivity contribution is 0.0738. The van der Waals surface area contributed by atoms with Crippen LogP contribution in [0.1, 0.15) is 31.2 Å². The first-order chi connectivity index (χ1) is 14.1. The Morgan fingerprint density at radius 1 is 1.17 bits per heavy atom. The van der Waals surface area contributed by atoms with E-state index in [1.165, 1.54) is 4.88 Å². The first-order valence-corrected chi connectivity index (χ1v) is 10.9. The Balaban J connectivity index is 1.48. The molecule has 0 spiro atoms. The lowest BCUT2D eigenvalue weighted by Crippen LogP contribution is -2.58. The summed E-state index contributed by atoms with van der Waals surface area (Å²) in [5, 5.41) is 1.11. The van der Waals surface area contributed by atoms with Gasteiger partial charge in [-0.15, -0.1) is 11.3 Å². The zero-order chi connectivity index (χ0) is 20.4. The first kappa shape index (κ1) is 19.6.